The van der Waals surface area contributed by atoms with Crippen LogP contribution < -0.4 is 4.90 Å². The van der Waals surface area contributed by atoms with E-state index < -0.39 is 0 Å². The maximum absolute atomic E-state index is 11.3. The molecule has 0 radical (unpaired) electrons. The Morgan fingerprint density at radius 3 is 2.80 bits per heavy atom. The quantitative estimate of drug-likeness (QED) is 0.488. The molecule has 0 spiro atoms. The number of anilines is 1. The molecule has 1 aliphatic rings. The zero-order chi connectivity index (χ0) is 14.9. The highest BCUT2D eigenvalue weighted by Gasteiger charge is 2.33. The fourth-order valence-corrected chi connectivity index (χ4v) is 2.87. The van der Waals surface area contributed by atoms with Gasteiger partial charge in [-0.1, -0.05) is 6.07 Å². The van der Waals surface area contributed by atoms with Gasteiger partial charge in [0, 0.05) is 25.0 Å². The zero-order valence-corrected chi connectivity index (χ0v) is 12.7. The molecule has 0 N–H and O–H groups in total. The van der Waals surface area contributed by atoms with Gasteiger partial charge in [-0.3, -0.25) is 10.1 Å². The molecular formula is C14H19ClN2O3. The Hall–Kier alpha value is -1.33. The van der Waals surface area contributed by atoms with E-state index in [9.17, 15) is 10.1 Å². The van der Waals surface area contributed by atoms with E-state index >= 15 is 0 Å². The molecule has 1 saturated heterocycles. The van der Waals surface area contributed by atoms with Gasteiger partial charge in [-0.05, 0) is 32.4 Å². The van der Waals surface area contributed by atoms with Crippen LogP contribution in [0.5, 0.6) is 0 Å². The SMILES string of the molecule is CC1CN(c2ccc(CCl)cc2[N+](=O)[O-])CC(C)(C)O1. The highest BCUT2D eigenvalue weighted by molar-refractivity contribution is 6.17. The zero-order valence-electron chi connectivity index (χ0n) is 11.9. The number of halogens is 1. The van der Waals surface area contributed by atoms with Crippen LogP contribution in [0.3, 0.4) is 0 Å². The van der Waals surface area contributed by atoms with Crippen LogP contribution in [0, 0.1) is 10.1 Å². The van der Waals surface area contributed by atoms with Crippen LogP contribution in [-0.4, -0.2) is 29.7 Å². The number of benzene rings is 1. The number of nitro benzene ring substituents is 1. The third-order valence-corrected chi connectivity index (χ3v) is 3.61. The number of nitrogens with zero attached hydrogens (tertiary/aromatic N) is 2. The van der Waals surface area contributed by atoms with Gasteiger partial charge in [0.25, 0.3) is 5.69 Å². The molecule has 5 nitrogen and oxygen atoms in total. The molecule has 1 atom stereocenters. The van der Waals surface area contributed by atoms with Gasteiger partial charge in [-0.2, -0.15) is 0 Å². The Labute approximate surface area is 123 Å². The van der Waals surface area contributed by atoms with Crippen LogP contribution in [-0.2, 0) is 10.6 Å². The van der Waals surface area contributed by atoms with Crippen LogP contribution >= 0.6 is 11.6 Å². The molecule has 1 aromatic rings. The number of hydrogen-bond acceptors (Lipinski definition) is 4. The first-order chi connectivity index (χ1) is 9.32. The largest absolute Gasteiger partial charge is 0.369 e. The average Bonchev–Trinajstić information content (AvgIpc) is 2.35. The molecule has 1 fully saturated rings. The minimum absolute atomic E-state index is 0.0334. The number of alkyl halides is 1. The monoisotopic (exact) mass is 298 g/mol. The van der Waals surface area contributed by atoms with Gasteiger partial charge in [-0.25, -0.2) is 0 Å². The van der Waals surface area contributed by atoms with Crippen LogP contribution in [0.2, 0.25) is 0 Å². The Bertz CT molecular complexity index is 519. The van der Waals surface area contributed by atoms with E-state index in [-0.39, 0.29) is 28.2 Å². The smallest absolute Gasteiger partial charge is 0.292 e. The van der Waals surface area contributed by atoms with E-state index in [1.165, 1.54) is 0 Å². The summed E-state index contributed by atoms with van der Waals surface area (Å²) in [4.78, 5) is 12.9. The summed E-state index contributed by atoms with van der Waals surface area (Å²) < 4.78 is 5.84. The van der Waals surface area contributed by atoms with Crippen LogP contribution in [0.15, 0.2) is 18.2 Å². The first-order valence-corrected chi connectivity index (χ1v) is 7.12. The lowest BCUT2D eigenvalue weighted by Gasteiger charge is -2.42. The highest BCUT2D eigenvalue weighted by atomic mass is 35.5. The molecule has 0 saturated carbocycles. The van der Waals surface area contributed by atoms with Gasteiger partial charge in [0.15, 0.2) is 0 Å². The van der Waals surface area contributed by atoms with Gasteiger partial charge in [0.1, 0.15) is 5.69 Å². The van der Waals surface area contributed by atoms with Crippen molar-refractivity contribution >= 4 is 23.0 Å². The number of ether oxygens (including phenoxy) is 1. The Morgan fingerprint density at radius 2 is 2.25 bits per heavy atom. The van der Waals surface area contributed by atoms with Gasteiger partial charge in [0.2, 0.25) is 0 Å². The van der Waals surface area contributed by atoms with E-state index in [1.807, 2.05) is 31.7 Å². The van der Waals surface area contributed by atoms with Crippen molar-refractivity contribution < 1.29 is 9.66 Å². The second kappa shape index (κ2) is 5.58. The summed E-state index contributed by atoms with van der Waals surface area (Å²) in [5, 5.41) is 11.3. The highest BCUT2D eigenvalue weighted by Crippen LogP contribution is 2.33. The molecule has 1 unspecified atom stereocenters. The van der Waals surface area contributed by atoms with Crippen molar-refractivity contribution in [3.8, 4) is 0 Å². The van der Waals surface area contributed by atoms with Crippen LogP contribution in [0.1, 0.15) is 26.3 Å². The molecule has 0 aromatic heterocycles. The van der Waals surface area contributed by atoms with Gasteiger partial charge >= 0.3 is 0 Å². The topological polar surface area (TPSA) is 55.6 Å². The van der Waals surface area contributed by atoms with Crippen molar-refractivity contribution in [3.05, 3.63) is 33.9 Å². The molecule has 2 rings (SSSR count). The average molecular weight is 299 g/mol. The predicted molar refractivity (Wildman–Crippen MR) is 79.5 cm³/mol. The van der Waals surface area contributed by atoms with E-state index in [0.717, 1.165) is 5.56 Å². The second-order valence-electron chi connectivity index (χ2n) is 5.78. The lowest BCUT2D eigenvalue weighted by Crippen LogP contribution is -2.52. The minimum Gasteiger partial charge on any atom is -0.369 e. The van der Waals surface area contributed by atoms with Crippen molar-refractivity contribution in [1.29, 1.82) is 0 Å². The third kappa shape index (κ3) is 3.22. The van der Waals surface area contributed by atoms with Crippen LogP contribution in [0.25, 0.3) is 0 Å². The van der Waals surface area contributed by atoms with Gasteiger partial charge < -0.3 is 9.64 Å². The van der Waals surface area contributed by atoms with E-state index in [4.69, 9.17) is 16.3 Å². The van der Waals surface area contributed by atoms with Crippen molar-refractivity contribution in [1.82, 2.24) is 0 Å². The molecule has 20 heavy (non-hydrogen) atoms. The molecule has 110 valence electrons. The predicted octanol–water partition coefficient (Wildman–Crippen LogP) is 3.34. The van der Waals surface area contributed by atoms with Crippen molar-refractivity contribution in [2.24, 2.45) is 0 Å². The molecule has 6 heteroatoms. The summed E-state index contributed by atoms with van der Waals surface area (Å²) in [6, 6.07) is 5.17. The maximum atomic E-state index is 11.3. The standard InChI is InChI=1S/C14H19ClN2O3/c1-10-8-16(9-14(2,3)20-10)12-5-4-11(7-15)6-13(12)17(18)19/h4-6,10H,7-9H2,1-3H3. The molecular weight excluding hydrogens is 280 g/mol. The summed E-state index contributed by atoms with van der Waals surface area (Å²) in [6.07, 6.45) is 0.0334. The van der Waals surface area contributed by atoms with E-state index in [1.54, 1.807) is 12.1 Å². The summed E-state index contributed by atoms with van der Waals surface area (Å²) in [5.41, 5.74) is 1.17. The molecule has 0 amide bonds. The first-order valence-electron chi connectivity index (χ1n) is 6.58. The normalized spacial score (nSPS) is 21.8. The Kier molecular flexibility index (Phi) is 4.20. The lowest BCUT2D eigenvalue weighted by molar-refractivity contribution is -0.384. The number of hydrogen-bond donors (Lipinski definition) is 0. The number of rotatable bonds is 3. The molecule has 0 bridgehead atoms. The fourth-order valence-electron chi connectivity index (χ4n) is 2.70. The fraction of sp³-hybridized carbons (Fsp3) is 0.571. The van der Waals surface area contributed by atoms with Crippen molar-refractivity contribution in [3.63, 3.8) is 0 Å². The Morgan fingerprint density at radius 1 is 1.55 bits per heavy atom. The maximum Gasteiger partial charge on any atom is 0.292 e. The number of nitro groups is 1. The number of morpholine rings is 1. The van der Waals surface area contributed by atoms with E-state index in [2.05, 4.69) is 0 Å². The lowest BCUT2D eigenvalue weighted by atomic mass is 10.0. The summed E-state index contributed by atoms with van der Waals surface area (Å²) in [5.74, 6) is 0.270. The molecule has 1 aromatic carbocycles. The molecule has 1 aliphatic heterocycles. The first kappa shape index (κ1) is 15.1. The third-order valence-electron chi connectivity index (χ3n) is 3.30. The summed E-state index contributed by atoms with van der Waals surface area (Å²) in [6.45, 7) is 7.24. The van der Waals surface area contributed by atoms with Gasteiger partial charge in [-0.15, -0.1) is 11.6 Å². The van der Waals surface area contributed by atoms with E-state index in [0.29, 0.717) is 18.8 Å². The molecule has 1 heterocycles. The summed E-state index contributed by atoms with van der Waals surface area (Å²) >= 11 is 5.75. The molecule has 0 aliphatic carbocycles. The van der Waals surface area contributed by atoms with Crippen molar-refractivity contribution in [2.75, 3.05) is 18.0 Å². The van der Waals surface area contributed by atoms with Crippen molar-refractivity contribution in [2.45, 2.75) is 38.4 Å². The Balaban J connectivity index is 2.38. The summed E-state index contributed by atoms with van der Waals surface area (Å²) in [7, 11) is 0. The van der Waals surface area contributed by atoms with Crippen LogP contribution in [0.4, 0.5) is 11.4 Å². The van der Waals surface area contributed by atoms with Gasteiger partial charge in [0.05, 0.1) is 16.6 Å². The second-order valence-corrected chi connectivity index (χ2v) is 6.05. The minimum atomic E-state index is -0.349.